The molecule has 4 saturated heterocycles. The Morgan fingerprint density at radius 2 is 1.21 bits per heavy atom. The maximum absolute atomic E-state index is 11.0. The minimum atomic E-state index is -1.16. The molecule has 0 bridgehead atoms. The van der Waals surface area contributed by atoms with Crippen LogP contribution in [0.2, 0.25) is 0 Å². The van der Waals surface area contributed by atoms with Crippen LogP contribution in [-0.2, 0) is 65.3 Å². The molecular formula is C49H74N3O13P. The molecule has 0 saturated carbocycles. The largest absolute Gasteiger partial charge is 0.394 e. The standard InChI is InChI=1S/C49H74N3O13P/c1-9-21-57-46-33(8)42(63-48-43(30(5)28(3)36(10-2)59-48)58-24-35-19-15-12-16-20-35)45(39(62-46)26-56-27-66)65-49-44(64-47-40(51-52-50)32(7)41(54)37(22-53)60-47)31(6)29(4)38(61-49)25-55-23-34-17-13-11-14-18-34/h9,11-20,28-33,36-49,53-54H,1,10,21-27,66H2,2-8H3/t28-,29-,30-,31-,32+,33?,36?,37?,38?,39?,40?,41-,42+,43?,44?,45+,46-,47+,48-,49-/m0/s1. The van der Waals surface area contributed by atoms with Crippen LogP contribution < -0.4 is 0 Å². The molecule has 0 radical (unpaired) electrons. The van der Waals surface area contributed by atoms with Gasteiger partial charge in [0.15, 0.2) is 25.2 Å². The lowest BCUT2D eigenvalue weighted by molar-refractivity contribution is -0.385. The van der Waals surface area contributed by atoms with Crippen molar-refractivity contribution in [3.8, 4) is 0 Å². The molecule has 4 aliphatic rings. The Morgan fingerprint density at radius 1 is 0.652 bits per heavy atom. The van der Waals surface area contributed by atoms with E-state index in [-0.39, 0.29) is 49.6 Å². The fourth-order valence-corrected chi connectivity index (χ4v) is 9.73. The molecular weight excluding hydrogens is 870 g/mol. The van der Waals surface area contributed by atoms with Gasteiger partial charge in [-0.15, -0.1) is 15.8 Å². The molecule has 0 spiro atoms. The Labute approximate surface area is 393 Å². The highest BCUT2D eigenvalue weighted by Gasteiger charge is 2.54. The molecule has 4 fully saturated rings. The third-order valence-electron chi connectivity index (χ3n) is 14.1. The van der Waals surface area contributed by atoms with Crippen LogP contribution in [0.25, 0.3) is 10.4 Å². The zero-order chi connectivity index (χ0) is 47.3. The molecule has 2 aromatic carbocycles. The number of hydrogen-bond acceptors (Lipinski definition) is 14. The summed E-state index contributed by atoms with van der Waals surface area (Å²) in [5, 5.41) is 25.2. The van der Waals surface area contributed by atoms with Gasteiger partial charge >= 0.3 is 0 Å². The summed E-state index contributed by atoms with van der Waals surface area (Å²) in [4.78, 5) is 3.08. The van der Waals surface area contributed by atoms with Crippen LogP contribution in [0.1, 0.15) is 66.0 Å². The van der Waals surface area contributed by atoms with Gasteiger partial charge in [-0.05, 0) is 52.7 Å². The molecule has 368 valence electrons. The summed E-state index contributed by atoms with van der Waals surface area (Å²) in [5.41, 5.74) is 11.7. The zero-order valence-electron chi connectivity index (χ0n) is 39.6. The van der Waals surface area contributed by atoms with Crippen molar-refractivity contribution < 1.29 is 62.3 Å². The first-order valence-corrected chi connectivity index (χ1v) is 24.4. The fourth-order valence-electron chi connectivity index (χ4n) is 9.60. The number of nitrogens with zero attached hydrogens (tertiary/aromatic N) is 3. The van der Waals surface area contributed by atoms with Gasteiger partial charge in [-0.25, -0.2) is 0 Å². The third-order valence-corrected chi connectivity index (χ3v) is 14.3. The summed E-state index contributed by atoms with van der Waals surface area (Å²) in [6.45, 7) is 19.1. The van der Waals surface area contributed by atoms with E-state index in [0.29, 0.717) is 19.6 Å². The van der Waals surface area contributed by atoms with Gasteiger partial charge in [0.25, 0.3) is 0 Å². The van der Waals surface area contributed by atoms with Gasteiger partial charge in [-0.3, -0.25) is 0 Å². The van der Waals surface area contributed by atoms with Gasteiger partial charge in [0, 0.05) is 10.8 Å². The van der Waals surface area contributed by atoms with Crippen LogP contribution in [0.3, 0.4) is 0 Å². The summed E-state index contributed by atoms with van der Waals surface area (Å²) in [6.07, 6.45) is -7.25. The third kappa shape index (κ3) is 13.0. The number of aliphatic hydroxyl groups is 2. The topological polar surface area (TPSA) is 191 Å². The molecule has 4 heterocycles. The number of aliphatic hydroxyl groups excluding tert-OH is 2. The highest BCUT2D eigenvalue weighted by atomic mass is 31.0. The lowest BCUT2D eigenvalue weighted by Gasteiger charge is -2.52. The smallest absolute Gasteiger partial charge is 0.185 e. The van der Waals surface area contributed by atoms with Gasteiger partial charge in [0.2, 0.25) is 0 Å². The van der Waals surface area contributed by atoms with E-state index < -0.39 is 98.5 Å². The van der Waals surface area contributed by atoms with Crippen LogP contribution in [0.15, 0.2) is 78.4 Å². The van der Waals surface area contributed by atoms with E-state index in [1.807, 2.05) is 74.5 Å². The van der Waals surface area contributed by atoms with Gasteiger partial charge in [0.1, 0.15) is 30.5 Å². The average Bonchev–Trinajstić information content (AvgIpc) is 3.33. The molecule has 2 N–H and O–H groups in total. The molecule has 0 aromatic heterocycles. The van der Waals surface area contributed by atoms with Crippen LogP contribution in [0.4, 0.5) is 0 Å². The van der Waals surface area contributed by atoms with E-state index >= 15 is 0 Å². The number of benzene rings is 2. The Morgan fingerprint density at radius 3 is 1.85 bits per heavy atom. The Balaban J connectivity index is 1.37. The van der Waals surface area contributed by atoms with Crippen molar-refractivity contribution in [3.05, 3.63) is 94.9 Å². The van der Waals surface area contributed by atoms with Crippen LogP contribution >= 0.6 is 9.24 Å². The summed E-state index contributed by atoms with van der Waals surface area (Å²) in [7, 11) is 2.58. The Bertz CT molecular complexity index is 1790. The second-order valence-corrected chi connectivity index (χ2v) is 18.7. The van der Waals surface area contributed by atoms with Gasteiger partial charge < -0.3 is 62.3 Å². The van der Waals surface area contributed by atoms with Crippen LogP contribution in [-0.4, -0.2) is 129 Å². The first kappa shape index (κ1) is 52.8. The van der Waals surface area contributed by atoms with Crippen molar-refractivity contribution in [1.29, 1.82) is 0 Å². The van der Waals surface area contributed by atoms with E-state index in [1.165, 1.54) is 0 Å². The van der Waals surface area contributed by atoms with Crippen molar-refractivity contribution in [2.75, 3.05) is 32.8 Å². The lowest BCUT2D eigenvalue weighted by atomic mass is 9.82. The second-order valence-electron chi connectivity index (χ2n) is 18.3. The minimum absolute atomic E-state index is 0.0672. The number of azide groups is 1. The van der Waals surface area contributed by atoms with E-state index in [9.17, 15) is 15.7 Å². The second kappa shape index (κ2) is 25.8. The molecule has 6 rings (SSSR count). The van der Waals surface area contributed by atoms with E-state index in [4.69, 9.17) is 52.1 Å². The number of rotatable bonds is 22. The van der Waals surface area contributed by atoms with Crippen LogP contribution in [0.5, 0.6) is 0 Å². The number of hydrogen-bond donors (Lipinski definition) is 2. The molecule has 2 aromatic rings. The average molecular weight is 944 g/mol. The summed E-state index contributed by atoms with van der Waals surface area (Å²) in [5.74, 6) is -1.16. The monoisotopic (exact) mass is 943 g/mol. The van der Waals surface area contributed by atoms with Crippen molar-refractivity contribution in [2.24, 2.45) is 40.6 Å². The molecule has 9 unspecified atom stereocenters. The molecule has 0 aliphatic carbocycles. The Hall–Kier alpha value is -2.60. The number of ether oxygens (including phenoxy) is 11. The predicted molar refractivity (Wildman–Crippen MR) is 248 cm³/mol. The van der Waals surface area contributed by atoms with E-state index in [1.54, 1.807) is 13.0 Å². The minimum Gasteiger partial charge on any atom is -0.394 e. The van der Waals surface area contributed by atoms with Crippen molar-refractivity contribution >= 4 is 9.24 Å². The first-order chi connectivity index (χ1) is 31.9. The molecule has 66 heavy (non-hydrogen) atoms. The summed E-state index contributed by atoms with van der Waals surface area (Å²) in [6, 6.07) is 19.0. The molecule has 17 heteroatoms. The predicted octanol–water partition coefficient (Wildman–Crippen LogP) is 7.15. The van der Waals surface area contributed by atoms with Gasteiger partial charge in [-0.1, -0.05) is 120 Å². The Kier molecular flexibility index (Phi) is 20.7. The molecule has 16 nitrogen and oxygen atoms in total. The highest BCUT2D eigenvalue weighted by molar-refractivity contribution is 7.16. The van der Waals surface area contributed by atoms with Crippen molar-refractivity contribution in [2.45, 2.75) is 154 Å². The summed E-state index contributed by atoms with van der Waals surface area (Å²) >= 11 is 0. The lowest BCUT2D eigenvalue weighted by Crippen LogP contribution is -2.64. The fraction of sp³-hybridized carbons (Fsp3) is 0.714. The molecule has 0 amide bonds. The maximum Gasteiger partial charge on any atom is 0.185 e. The van der Waals surface area contributed by atoms with Gasteiger partial charge in [-0.2, -0.15) is 0 Å². The maximum atomic E-state index is 11.0. The summed E-state index contributed by atoms with van der Waals surface area (Å²) < 4.78 is 73.5. The highest BCUT2D eigenvalue weighted by Crippen LogP contribution is 2.42. The van der Waals surface area contributed by atoms with Crippen molar-refractivity contribution in [3.63, 3.8) is 0 Å². The quantitative estimate of drug-likeness (QED) is 0.0398. The van der Waals surface area contributed by atoms with Crippen LogP contribution in [0, 0.1) is 35.5 Å². The zero-order valence-corrected chi connectivity index (χ0v) is 40.7. The SMILES string of the molecule is C=CCO[C@H]1OC(COCP)[C@@H](O[C@@H]2OC(COCc3ccccc3)[C@@H](C)[C@H](C)C2O[C@H]2OC(CO)[C@@H](O)[C@H](C)C2N=[N+]=[N-])[C@H](O[C@@H]2OC(CC)[C@@H](C)[C@H](C)C2OCc2ccccc2)C1C. The van der Waals surface area contributed by atoms with E-state index in [0.717, 1.165) is 17.5 Å². The molecule has 21 atom stereocenters. The molecule has 4 aliphatic heterocycles. The van der Waals surface area contributed by atoms with Crippen molar-refractivity contribution in [1.82, 2.24) is 0 Å². The first-order valence-electron chi connectivity index (χ1n) is 23.6. The van der Waals surface area contributed by atoms with E-state index in [2.05, 4.69) is 53.5 Å². The van der Waals surface area contributed by atoms with Gasteiger partial charge in [0.05, 0.1) is 76.4 Å². The normalized spacial score (nSPS) is 39.5.